The van der Waals surface area contributed by atoms with Crippen LogP contribution in [0.2, 0.25) is 0 Å². The number of hydrogen-bond donors (Lipinski definition) is 2. The van der Waals surface area contributed by atoms with Crippen molar-refractivity contribution in [2.45, 2.75) is 52.5 Å². The molecule has 2 N–H and O–H groups in total. The Kier molecular flexibility index (Phi) is 9.76. The van der Waals surface area contributed by atoms with Gasteiger partial charge in [-0.2, -0.15) is 0 Å². The highest BCUT2D eigenvalue weighted by atomic mass is 16.2. The number of carbonyl (C=O) groups excluding carboxylic acids is 1. The average molecular weight is 340 g/mol. The fourth-order valence-electron chi connectivity index (χ4n) is 2.62. The van der Waals surface area contributed by atoms with E-state index in [9.17, 15) is 4.79 Å². The number of nitrogens with one attached hydrogen (secondary N) is 2. The molecule has 140 valence electrons. The Labute approximate surface area is 148 Å². The number of nitrogens with zero attached hydrogens (tertiary/aromatic N) is 3. The molecule has 0 aliphatic carbocycles. The third kappa shape index (κ3) is 8.52. The molecule has 0 bridgehead atoms. The van der Waals surface area contributed by atoms with E-state index in [1.807, 2.05) is 0 Å². The van der Waals surface area contributed by atoms with Crippen LogP contribution < -0.4 is 10.6 Å². The molecule has 0 unspecified atom stereocenters. The molecule has 1 aliphatic rings. The molecule has 6 heteroatoms. The summed E-state index contributed by atoms with van der Waals surface area (Å²) in [6, 6.07) is 0.441. The van der Waals surface area contributed by atoms with Gasteiger partial charge in [0.2, 0.25) is 5.91 Å². The molecule has 6 nitrogen and oxygen atoms in total. The van der Waals surface area contributed by atoms with E-state index in [0.717, 1.165) is 38.4 Å². The van der Waals surface area contributed by atoms with Gasteiger partial charge in [-0.1, -0.05) is 27.2 Å². The van der Waals surface area contributed by atoms with Gasteiger partial charge in [-0.15, -0.1) is 0 Å². The van der Waals surface area contributed by atoms with Gasteiger partial charge in [0.1, 0.15) is 6.54 Å². The summed E-state index contributed by atoms with van der Waals surface area (Å²) in [4.78, 5) is 20.4. The molecular formula is C18H37N5O. The van der Waals surface area contributed by atoms with Crippen LogP contribution in [0.1, 0.15) is 46.5 Å². The van der Waals surface area contributed by atoms with Crippen molar-refractivity contribution in [3.8, 4) is 0 Å². The normalized spacial score (nSPS) is 17.2. The number of carbonyl (C=O) groups is 1. The van der Waals surface area contributed by atoms with Crippen molar-refractivity contribution < 1.29 is 4.79 Å². The minimum absolute atomic E-state index is 0.0232. The number of hydrogen-bond acceptors (Lipinski definition) is 3. The second kappa shape index (κ2) is 11.3. The van der Waals surface area contributed by atoms with Crippen molar-refractivity contribution in [2.75, 3.05) is 46.8 Å². The molecule has 1 fully saturated rings. The minimum atomic E-state index is 0.0232. The van der Waals surface area contributed by atoms with Gasteiger partial charge in [-0.25, -0.2) is 4.99 Å². The molecule has 24 heavy (non-hydrogen) atoms. The number of amides is 1. The number of rotatable bonds is 8. The van der Waals surface area contributed by atoms with Crippen LogP contribution in [0.25, 0.3) is 0 Å². The highest BCUT2D eigenvalue weighted by Crippen LogP contribution is 2.11. The smallest absolute Gasteiger partial charge is 0.243 e. The van der Waals surface area contributed by atoms with E-state index >= 15 is 0 Å². The van der Waals surface area contributed by atoms with Crippen LogP contribution in [-0.2, 0) is 4.79 Å². The van der Waals surface area contributed by atoms with E-state index in [4.69, 9.17) is 0 Å². The lowest BCUT2D eigenvalue weighted by Gasteiger charge is -2.33. The molecule has 1 amide bonds. The zero-order valence-electron chi connectivity index (χ0n) is 16.3. The average Bonchev–Trinajstić information content (AvgIpc) is 2.56. The van der Waals surface area contributed by atoms with E-state index in [1.165, 1.54) is 19.4 Å². The maximum Gasteiger partial charge on any atom is 0.243 e. The number of aliphatic imine (C=N–C) groups is 1. The SMILES string of the molecule is CCCCN1CCC(NC(=NCC(=O)N(C)C)NCC(C)C)CC1. The van der Waals surface area contributed by atoms with Crippen molar-refractivity contribution in [3.05, 3.63) is 0 Å². The zero-order chi connectivity index (χ0) is 17.9. The Morgan fingerprint density at radius 2 is 1.96 bits per heavy atom. The lowest BCUT2D eigenvalue weighted by Crippen LogP contribution is -2.49. The summed E-state index contributed by atoms with van der Waals surface area (Å²) < 4.78 is 0. The summed E-state index contributed by atoms with van der Waals surface area (Å²) in [5.41, 5.74) is 0. The molecule has 0 radical (unpaired) electrons. The van der Waals surface area contributed by atoms with Crippen molar-refractivity contribution in [3.63, 3.8) is 0 Å². The van der Waals surface area contributed by atoms with E-state index in [1.54, 1.807) is 19.0 Å². The summed E-state index contributed by atoms with van der Waals surface area (Å²) in [6.07, 6.45) is 4.81. The predicted octanol–water partition coefficient (Wildman–Crippen LogP) is 1.53. The highest BCUT2D eigenvalue weighted by molar-refractivity contribution is 5.84. The van der Waals surface area contributed by atoms with Crippen molar-refractivity contribution in [2.24, 2.45) is 10.9 Å². The van der Waals surface area contributed by atoms with Crippen molar-refractivity contribution in [1.82, 2.24) is 20.4 Å². The number of likely N-dealkylation sites (N-methyl/N-ethyl adjacent to an activating group) is 1. The van der Waals surface area contributed by atoms with Crippen LogP contribution in [0.15, 0.2) is 4.99 Å². The quantitative estimate of drug-likeness (QED) is 0.520. The van der Waals surface area contributed by atoms with Crippen LogP contribution in [0, 0.1) is 5.92 Å². The number of guanidine groups is 1. The van der Waals surface area contributed by atoms with Crippen LogP contribution in [-0.4, -0.2) is 74.5 Å². The van der Waals surface area contributed by atoms with Gasteiger partial charge in [0.05, 0.1) is 0 Å². The maximum absolute atomic E-state index is 11.8. The molecule has 0 aromatic rings. The lowest BCUT2D eigenvalue weighted by molar-refractivity contribution is -0.127. The fourth-order valence-corrected chi connectivity index (χ4v) is 2.62. The largest absolute Gasteiger partial charge is 0.356 e. The first-order chi connectivity index (χ1) is 11.4. The van der Waals surface area contributed by atoms with Gasteiger partial charge < -0.3 is 20.4 Å². The minimum Gasteiger partial charge on any atom is -0.356 e. The third-order valence-electron chi connectivity index (χ3n) is 4.31. The monoisotopic (exact) mass is 339 g/mol. The Hall–Kier alpha value is -1.30. The molecule has 0 aromatic heterocycles. The number of unbranched alkanes of at least 4 members (excludes halogenated alkanes) is 1. The van der Waals surface area contributed by atoms with E-state index < -0.39 is 0 Å². The Morgan fingerprint density at radius 1 is 1.29 bits per heavy atom. The zero-order valence-corrected chi connectivity index (χ0v) is 16.3. The molecule has 0 atom stereocenters. The first-order valence-corrected chi connectivity index (χ1v) is 9.39. The summed E-state index contributed by atoms with van der Waals surface area (Å²) >= 11 is 0. The van der Waals surface area contributed by atoms with Gasteiger partial charge in [0, 0.05) is 39.8 Å². The van der Waals surface area contributed by atoms with Gasteiger partial charge in [0.25, 0.3) is 0 Å². The highest BCUT2D eigenvalue weighted by Gasteiger charge is 2.19. The number of likely N-dealkylation sites (tertiary alicyclic amines) is 1. The Bertz CT molecular complexity index is 387. The molecule has 1 rings (SSSR count). The molecule has 0 saturated carbocycles. The lowest BCUT2D eigenvalue weighted by atomic mass is 10.0. The standard InChI is InChI=1S/C18H37N5O/c1-6-7-10-23-11-8-16(9-12-23)21-18(19-13-15(2)3)20-14-17(24)22(4)5/h15-16H,6-14H2,1-5H3,(H2,19,20,21). The van der Waals surface area contributed by atoms with Gasteiger partial charge in [0.15, 0.2) is 5.96 Å². The van der Waals surface area contributed by atoms with E-state index in [2.05, 4.69) is 41.3 Å². The predicted molar refractivity (Wildman–Crippen MR) is 101 cm³/mol. The maximum atomic E-state index is 11.8. The fraction of sp³-hybridized carbons (Fsp3) is 0.889. The van der Waals surface area contributed by atoms with Gasteiger partial charge in [-0.05, 0) is 31.7 Å². The van der Waals surface area contributed by atoms with Crippen LogP contribution in [0.4, 0.5) is 0 Å². The van der Waals surface area contributed by atoms with Crippen LogP contribution in [0.5, 0.6) is 0 Å². The first kappa shape index (κ1) is 20.7. The first-order valence-electron chi connectivity index (χ1n) is 9.39. The van der Waals surface area contributed by atoms with E-state index in [-0.39, 0.29) is 12.5 Å². The number of piperidine rings is 1. The molecule has 0 aromatic carbocycles. The van der Waals surface area contributed by atoms with Gasteiger partial charge in [-0.3, -0.25) is 4.79 Å². The molecular weight excluding hydrogens is 302 g/mol. The summed E-state index contributed by atoms with van der Waals surface area (Å²) in [6.45, 7) is 11.1. The molecule has 1 saturated heterocycles. The summed E-state index contributed by atoms with van der Waals surface area (Å²) in [5.74, 6) is 1.33. The molecule has 0 spiro atoms. The van der Waals surface area contributed by atoms with Crippen LogP contribution >= 0.6 is 0 Å². The Morgan fingerprint density at radius 3 is 2.50 bits per heavy atom. The molecule has 1 aliphatic heterocycles. The Balaban J connectivity index is 2.49. The second-order valence-corrected chi connectivity index (χ2v) is 7.34. The van der Waals surface area contributed by atoms with E-state index in [0.29, 0.717) is 12.0 Å². The second-order valence-electron chi connectivity index (χ2n) is 7.34. The summed E-state index contributed by atoms with van der Waals surface area (Å²) in [5, 5.41) is 6.88. The summed E-state index contributed by atoms with van der Waals surface area (Å²) in [7, 11) is 3.52. The van der Waals surface area contributed by atoms with Crippen molar-refractivity contribution in [1.29, 1.82) is 0 Å². The van der Waals surface area contributed by atoms with Crippen molar-refractivity contribution >= 4 is 11.9 Å². The topological polar surface area (TPSA) is 60.0 Å². The van der Waals surface area contributed by atoms with Crippen LogP contribution in [0.3, 0.4) is 0 Å². The molecule has 1 heterocycles. The third-order valence-corrected chi connectivity index (χ3v) is 4.31. The van der Waals surface area contributed by atoms with Gasteiger partial charge >= 0.3 is 0 Å².